The number of halogens is 1. The first-order valence-electron chi connectivity index (χ1n) is 9.79. The Morgan fingerprint density at radius 3 is 2.53 bits per heavy atom. The summed E-state index contributed by atoms with van der Waals surface area (Å²) in [5.41, 5.74) is 6.92. The van der Waals surface area contributed by atoms with Crippen LogP contribution >= 0.6 is 11.6 Å². The van der Waals surface area contributed by atoms with E-state index in [1.54, 1.807) is 24.3 Å². The summed E-state index contributed by atoms with van der Waals surface area (Å²) in [6.07, 6.45) is 6.59. The molecule has 0 aromatic heterocycles. The van der Waals surface area contributed by atoms with E-state index < -0.39 is 5.91 Å². The van der Waals surface area contributed by atoms with Crippen molar-refractivity contribution in [2.24, 2.45) is 11.7 Å². The van der Waals surface area contributed by atoms with Gasteiger partial charge in [0.1, 0.15) is 0 Å². The summed E-state index contributed by atoms with van der Waals surface area (Å²) in [7, 11) is 1.50. The van der Waals surface area contributed by atoms with Gasteiger partial charge in [-0.15, -0.1) is 0 Å². The van der Waals surface area contributed by atoms with E-state index in [1.165, 1.54) is 19.6 Å². The minimum absolute atomic E-state index is 0.0349. The van der Waals surface area contributed by atoms with Crippen LogP contribution in [-0.4, -0.2) is 25.5 Å². The zero-order chi connectivity index (χ0) is 21.5. The number of carbonyl (C=O) groups excluding carboxylic acids is 2. The topological polar surface area (TPSA) is 90.7 Å². The van der Waals surface area contributed by atoms with Crippen LogP contribution in [0.15, 0.2) is 48.5 Å². The van der Waals surface area contributed by atoms with Crippen LogP contribution in [0.4, 0.5) is 0 Å². The summed E-state index contributed by atoms with van der Waals surface area (Å²) >= 11 is 6.00. The highest BCUT2D eigenvalue weighted by Gasteiger charge is 2.29. The van der Waals surface area contributed by atoms with Gasteiger partial charge in [0.15, 0.2) is 18.1 Å². The van der Waals surface area contributed by atoms with E-state index in [0.717, 1.165) is 24.0 Å². The molecule has 0 spiro atoms. The zero-order valence-corrected chi connectivity index (χ0v) is 17.5. The lowest BCUT2D eigenvalue weighted by molar-refractivity contribution is -0.120. The summed E-state index contributed by atoms with van der Waals surface area (Å²) in [5.74, 6) is 0.553. The minimum atomic E-state index is -0.570. The molecular weight excluding hydrogens is 404 g/mol. The summed E-state index contributed by atoms with van der Waals surface area (Å²) in [5, 5.41) is 3.80. The molecule has 2 aromatic rings. The number of hydrogen-bond acceptors (Lipinski definition) is 4. The molecule has 2 amide bonds. The lowest BCUT2D eigenvalue weighted by Crippen LogP contribution is -2.35. The van der Waals surface area contributed by atoms with Gasteiger partial charge in [0.25, 0.3) is 5.91 Å². The van der Waals surface area contributed by atoms with Crippen molar-refractivity contribution in [1.29, 1.82) is 0 Å². The van der Waals surface area contributed by atoms with E-state index >= 15 is 0 Å². The second-order valence-corrected chi connectivity index (χ2v) is 7.66. The van der Waals surface area contributed by atoms with Crippen molar-refractivity contribution in [3.05, 3.63) is 64.7 Å². The first-order chi connectivity index (χ1) is 14.5. The van der Waals surface area contributed by atoms with Crippen LogP contribution in [0.2, 0.25) is 5.02 Å². The molecule has 0 bridgehead atoms. The largest absolute Gasteiger partial charge is 0.493 e. The summed E-state index contributed by atoms with van der Waals surface area (Å²) in [6, 6.07) is 12.7. The number of ether oxygens (including phenoxy) is 2. The number of amides is 2. The van der Waals surface area contributed by atoms with Crippen LogP contribution in [0.3, 0.4) is 0 Å². The Morgan fingerprint density at radius 1 is 1.20 bits per heavy atom. The highest BCUT2D eigenvalue weighted by atomic mass is 35.5. The van der Waals surface area contributed by atoms with Gasteiger partial charge in [-0.25, -0.2) is 0 Å². The van der Waals surface area contributed by atoms with Crippen LogP contribution in [0.5, 0.6) is 11.5 Å². The van der Waals surface area contributed by atoms with Gasteiger partial charge in [0, 0.05) is 11.1 Å². The zero-order valence-electron chi connectivity index (χ0n) is 16.8. The third-order valence-electron chi connectivity index (χ3n) is 5.13. The number of nitrogens with one attached hydrogen (secondary N) is 1. The molecule has 0 heterocycles. The maximum atomic E-state index is 12.6. The van der Waals surface area contributed by atoms with E-state index in [1.807, 2.05) is 24.3 Å². The molecular formula is C23H25ClN2O4. The SMILES string of the molecule is COc1cc(C=CC(=O)NC(c2ccc(Cl)cc2)C2CCC2)ccc1OCC(N)=O. The van der Waals surface area contributed by atoms with E-state index in [-0.39, 0.29) is 18.6 Å². The average Bonchev–Trinajstić information content (AvgIpc) is 2.69. The number of rotatable bonds is 9. The molecule has 0 radical (unpaired) electrons. The number of hydrogen-bond donors (Lipinski definition) is 2. The first kappa shape index (κ1) is 21.7. The van der Waals surface area contributed by atoms with E-state index in [9.17, 15) is 9.59 Å². The van der Waals surface area contributed by atoms with E-state index in [4.69, 9.17) is 26.8 Å². The highest BCUT2D eigenvalue weighted by molar-refractivity contribution is 6.30. The van der Waals surface area contributed by atoms with Crippen LogP contribution in [-0.2, 0) is 9.59 Å². The Labute approximate surface area is 181 Å². The molecule has 1 unspecified atom stereocenters. The molecule has 1 fully saturated rings. The van der Waals surface area contributed by atoms with Crippen molar-refractivity contribution in [2.45, 2.75) is 25.3 Å². The van der Waals surface area contributed by atoms with E-state index in [2.05, 4.69) is 5.32 Å². The number of methoxy groups -OCH3 is 1. The Hall–Kier alpha value is -2.99. The van der Waals surface area contributed by atoms with Gasteiger partial charge in [-0.3, -0.25) is 9.59 Å². The van der Waals surface area contributed by atoms with Crippen molar-refractivity contribution in [3.63, 3.8) is 0 Å². The smallest absolute Gasteiger partial charge is 0.255 e. The Morgan fingerprint density at radius 2 is 1.93 bits per heavy atom. The molecule has 30 heavy (non-hydrogen) atoms. The predicted molar refractivity (Wildman–Crippen MR) is 116 cm³/mol. The molecule has 3 rings (SSSR count). The van der Waals surface area contributed by atoms with Gasteiger partial charge < -0.3 is 20.5 Å². The van der Waals surface area contributed by atoms with Crippen LogP contribution in [0.25, 0.3) is 6.08 Å². The molecule has 3 N–H and O–H groups in total. The van der Waals surface area contributed by atoms with Gasteiger partial charge in [0.2, 0.25) is 5.91 Å². The number of nitrogens with two attached hydrogens (primary N) is 1. The third-order valence-corrected chi connectivity index (χ3v) is 5.38. The Kier molecular flexibility index (Phi) is 7.36. The summed E-state index contributed by atoms with van der Waals surface area (Å²) in [6.45, 7) is -0.235. The molecule has 1 atom stereocenters. The molecule has 0 saturated heterocycles. The molecule has 158 valence electrons. The van der Waals surface area contributed by atoms with Gasteiger partial charge in [-0.2, -0.15) is 0 Å². The first-order valence-corrected chi connectivity index (χ1v) is 10.2. The number of benzene rings is 2. The third kappa shape index (κ3) is 5.76. The number of carbonyl (C=O) groups is 2. The van der Waals surface area contributed by atoms with Crippen molar-refractivity contribution < 1.29 is 19.1 Å². The molecule has 1 saturated carbocycles. The second-order valence-electron chi connectivity index (χ2n) is 7.23. The van der Waals surface area contributed by atoms with Crippen LogP contribution in [0, 0.1) is 5.92 Å². The Bertz CT molecular complexity index is 923. The summed E-state index contributed by atoms with van der Waals surface area (Å²) < 4.78 is 10.6. The lowest BCUT2D eigenvalue weighted by atomic mass is 9.77. The molecule has 6 nitrogen and oxygen atoms in total. The average molecular weight is 429 g/mol. The lowest BCUT2D eigenvalue weighted by Gasteiger charge is -2.34. The molecule has 7 heteroatoms. The van der Waals surface area contributed by atoms with E-state index in [0.29, 0.717) is 22.4 Å². The second kappa shape index (κ2) is 10.2. The highest BCUT2D eigenvalue weighted by Crippen LogP contribution is 2.38. The van der Waals surface area contributed by atoms with Gasteiger partial charge >= 0.3 is 0 Å². The van der Waals surface area contributed by atoms with Crippen molar-refractivity contribution in [3.8, 4) is 11.5 Å². The predicted octanol–water partition coefficient (Wildman–Crippen LogP) is 3.88. The fourth-order valence-electron chi connectivity index (χ4n) is 3.35. The number of primary amides is 1. The van der Waals surface area contributed by atoms with Gasteiger partial charge in [0.05, 0.1) is 13.2 Å². The van der Waals surface area contributed by atoms with Crippen LogP contribution < -0.4 is 20.5 Å². The van der Waals surface area contributed by atoms with Crippen molar-refractivity contribution in [2.75, 3.05) is 13.7 Å². The molecule has 0 aliphatic heterocycles. The van der Waals surface area contributed by atoms with Gasteiger partial charge in [-0.05, 0) is 60.2 Å². The standard InChI is InChI=1S/C23H25ClN2O4/c1-29-20-13-15(5-11-19(20)30-14-21(25)27)6-12-22(28)26-23(16-3-2-4-16)17-7-9-18(24)10-8-17/h5-13,16,23H,2-4,14H2,1H3,(H2,25,27)(H,26,28). The minimum Gasteiger partial charge on any atom is -0.493 e. The maximum Gasteiger partial charge on any atom is 0.255 e. The normalized spacial score (nSPS) is 14.7. The van der Waals surface area contributed by atoms with Crippen molar-refractivity contribution >= 4 is 29.5 Å². The molecule has 2 aromatic carbocycles. The maximum absolute atomic E-state index is 12.6. The monoisotopic (exact) mass is 428 g/mol. The van der Waals surface area contributed by atoms with Crippen LogP contribution in [0.1, 0.15) is 36.4 Å². The Balaban J connectivity index is 1.67. The fraction of sp³-hybridized carbons (Fsp3) is 0.304. The molecule has 1 aliphatic carbocycles. The molecule has 1 aliphatic rings. The quantitative estimate of drug-likeness (QED) is 0.593. The fourth-order valence-corrected chi connectivity index (χ4v) is 3.47. The summed E-state index contributed by atoms with van der Waals surface area (Å²) in [4.78, 5) is 23.5. The van der Waals surface area contributed by atoms with Gasteiger partial charge in [-0.1, -0.05) is 36.2 Å². The van der Waals surface area contributed by atoms with Crippen molar-refractivity contribution in [1.82, 2.24) is 5.32 Å².